The first-order chi connectivity index (χ1) is 9.56. The highest BCUT2D eigenvalue weighted by Gasteiger charge is 2.24. The highest BCUT2D eigenvalue weighted by Crippen LogP contribution is 2.30. The zero-order valence-electron chi connectivity index (χ0n) is 11.1. The van der Waals surface area contributed by atoms with Gasteiger partial charge in [-0.05, 0) is 58.1 Å². The second-order valence-electron chi connectivity index (χ2n) is 5.03. The number of carbonyl (C=O) groups is 1. The summed E-state index contributed by atoms with van der Waals surface area (Å²) in [5.74, 6) is 0.108. The average molecular weight is 351 g/mol. The number of nitrogens with zero attached hydrogens (tertiary/aromatic N) is 1. The molecule has 2 N–H and O–H groups in total. The smallest absolute Gasteiger partial charge is 0.264 e. The van der Waals surface area contributed by atoms with Gasteiger partial charge in [0.1, 0.15) is 0 Å². The molecule has 3 rings (SSSR count). The topological polar surface area (TPSA) is 46.3 Å². The van der Waals surface area contributed by atoms with Crippen LogP contribution in [0.15, 0.2) is 28.1 Å². The van der Waals surface area contributed by atoms with Crippen molar-refractivity contribution in [2.24, 2.45) is 0 Å². The summed E-state index contributed by atoms with van der Waals surface area (Å²) in [6.45, 7) is 3.38. The monoisotopic (exact) mass is 350 g/mol. The van der Waals surface area contributed by atoms with Crippen LogP contribution in [0, 0.1) is 6.92 Å². The Morgan fingerprint density at radius 3 is 2.95 bits per heavy atom. The second kappa shape index (κ2) is 5.22. The molecule has 0 unspecified atom stereocenters. The number of fused-ring (bicyclic) bond motifs is 1. The SMILES string of the molecule is Cc1cc(C(=O)N2CCc3c(N)cccc3C2)sc1Br. The van der Waals surface area contributed by atoms with E-state index in [0.717, 1.165) is 38.4 Å². The molecule has 20 heavy (non-hydrogen) atoms. The second-order valence-corrected chi connectivity index (χ2v) is 7.40. The Morgan fingerprint density at radius 1 is 1.45 bits per heavy atom. The Morgan fingerprint density at radius 2 is 2.25 bits per heavy atom. The number of halogens is 1. The predicted octanol–water partition coefficient (Wildman–Crippen LogP) is 3.60. The molecule has 1 aliphatic heterocycles. The number of amides is 1. The van der Waals surface area contributed by atoms with Gasteiger partial charge in [0.15, 0.2) is 0 Å². The maximum Gasteiger partial charge on any atom is 0.264 e. The minimum atomic E-state index is 0.108. The Kier molecular flexibility index (Phi) is 3.56. The third-order valence-electron chi connectivity index (χ3n) is 3.66. The van der Waals surface area contributed by atoms with E-state index in [-0.39, 0.29) is 5.91 Å². The van der Waals surface area contributed by atoms with Crippen molar-refractivity contribution in [3.05, 3.63) is 49.6 Å². The minimum absolute atomic E-state index is 0.108. The summed E-state index contributed by atoms with van der Waals surface area (Å²) in [5, 5.41) is 0. The van der Waals surface area contributed by atoms with Gasteiger partial charge in [0.05, 0.1) is 8.66 Å². The van der Waals surface area contributed by atoms with Crippen LogP contribution in [0.25, 0.3) is 0 Å². The van der Waals surface area contributed by atoms with Crippen molar-refractivity contribution in [1.82, 2.24) is 4.90 Å². The summed E-state index contributed by atoms with van der Waals surface area (Å²) in [5.41, 5.74) is 10.3. The maximum absolute atomic E-state index is 12.5. The molecule has 0 atom stereocenters. The van der Waals surface area contributed by atoms with E-state index in [0.29, 0.717) is 6.54 Å². The van der Waals surface area contributed by atoms with Crippen LogP contribution in [0.5, 0.6) is 0 Å². The first-order valence-electron chi connectivity index (χ1n) is 6.47. The van der Waals surface area contributed by atoms with Crippen LogP contribution in [-0.2, 0) is 13.0 Å². The van der Waals surface area contributed by atoms with Crippen LogP contribution >= 0.6 is 27.3 Å². The van der Waals surface area contributed by atoms with Gasteiger partial charge in [-0.3, -0.25) is 4.79 Å². The Bertz CT molecular complexity index is 661. The lowest BCUT2D eigenvalue weighted by Crippen LogP contribution is -2.35. The van der Waals surface area contributed by atoms with E-state index >= 15 is 0 Å². The number of hydrogen-bond acceptors (Lipinski definition) is 3. The molecular formula is C15H15BrN2OS. The molecule has 0 fully saturated rings. The Hall–Kier alpha value is -1.33. The number of rotatable bonds is 1. The fourth-order valence-electron chi connectivity index (χ4n) is 2.53. The number of anilines is 1. The fourth-order valence-corrected chi connectivity index (χ4v) is 4.04. The number of aryl methyl sites for hydroxylation is 1. The van der Waals surface area contributed by atoms with E-state index in [1.807, 2.05) is 30.0 Å². The van der Waals surface area contributed by atoms with Crippen molar-refractivity contribution in [2.75, 3.05) is 12.3 Å². The maximum atomic E-state index is 12.5. The average Bonchev–Trinajstić information content (AvgIpc) is 2.78. The molecule has 1 aliphatic rings. The third-order valence-corrected chi connectivity index (χ3v) is 5.78. The largest absolute Gasteiger partial charge is 0.398 e. The lowest BCUT2D eigenvalue weighted by Gasteiger charge is -2.29. The molecular weight excluding hydrogens is 336 g/mol. The standard InChI is InChI=1S/C15H15BrN2OS/c1-9-7-13(20-14(9)16)15(19)18-6-5-11-10(8-18)3-2-4-12(11)17/h2-4,7H,5-6,8,17H2,1H3. The minimum Gasteiger partial charge on any atom is -0.398 e. The molecule has 5 heteroatoms. The van der Waals surface area contributed by atoms with Crippen molar-refractivity contribution >= 4 is 38.9 Å². The number of benzene rings is 1. The molecule has 0 saturated heterocycles. The summed E-state index contributed by atoms with van der Waals surface area (Å²) in [4.78, 5) is 15.2. The van der Waals surface area contributed by atoms with Crippen LogP contribution in [-0.4, -0.2) is 17.4 Å². The van der Waals surface area contributed by atoms with Gasteiger partial charge in [0, 0.05) is 18.8 Å². The molecule has 2 heterocycles. The van der Waals surface area contributed by atoms with E-state index in [4.69, 9.17) is 5.73 Å². The van der Waals surface area contributed by atoms with Gasteiger partial charge in [-0.1, -0.05) is 12.1 Å². The quantitative estimate of drug-likeness (QED) is 0.798. The zero-order valence-corrected chi connectivity index (χ0v) is 13.6. The van der Waals surface area contributed by atoms with E-state index in [1.165, 1.54) is 16.9 Å². The van der Waals surface area contributed by atoms with E-state index in [9.17, 15) is 4.79 Å². The number of nitrogens with two attached hydrogens (primary N) is 1. The molecule has 3 nitrogen and oxygen atoms in total. The van der Waals surface area contributed by atoms with Gasteiger partial charge in [0.2, 0.25) is 0 Å². The number of carbonyl (C=O) groups excluding carboxylic acids is 1. The predicted molar refractivity (Wildman–Crippen MR) is 86.1 cm³/mol. The van der Waals surface area contributed by atoms with Gasteiger partial charge in [-0.25, -0.2) is 0 Å². The molecule has 104 valence electrons. The van der Waals surface area contributed by atoms with Gasteiger partial charge in [0.25, 0.3) is 5.91 Å². The van der Waals surface area contributed by atoms with Gasteiger partial charge in [-0.2, -0.15) is 0 Å². The number of thiophene rings is 1. The molecule has 0 aliphatic carbocycles. The first-order valence-corrected chi connectivity index (χ1v) is 8.08. The molecule has 0 radical (unpaired) electrons. The van der Waals surface area contributed by atoms with Crippen LogP contribution < -0.4 is 5.73 Å². The summed E-state index contributed by atoms with van der Waals surface area (Å²) in [6.07, 6.45) is 0.833. The van der Waals surface area contributed by atoms with Crippen LogP contribution in [0.3, 0.4) is 0 Å². The molecule has 0 bridgehead atoms. The highest BCUT2D eigenvalue weighted by molar-refractivity contribution is 9.11. The van der Waals surface area contributed by atoms with Crippen molar-refractivity contribution in [3.63, 3.8) is 0 Å². The van der Waals surface area contributed by atoms with E-state index in [1.54, 1.807) is 0 Å². The van der Waals surface area contributed by atoms with Crippen molar-refractivity contribution in [1.29, 1.82) is 0 Å². The van der Waals surface area contributed by atoms with Gasteiger partial charge >= 0.3 is 0 Å². The molecule has 0 saturated carbocycles. The molecule has 1 aromatic heterocycles. The number of hydrogen-bond donors (Lipinski definition) is 1. The van der Waals surface area contributed by atoms with Crippen molar-refractivity contribution in [3.8, 4) is 0 Å². The van der Waals surface area contributed by atoms with E-state index < -0.39 is 0 Å². The van der Waals surface area contributed by atoms with Gasteiger partial charge < -0.3 is 10.6 Å². The lowest BCUT2D eigenvalue weighted by atomic mass is 9.98. The summed E-state index contributed by atoms with van der Waals surface area (Å²) in [6, 6.07) is 7.89. The Labute approximate surface area is 130 Å². The van der Waals surface area contributed by atoms with Crippen molar-refractivity contribution < 1.29 is 4.79 Å². The Balaban J connectivity index is 1.85. The van der Waals surface area contributed by atoms with Crippen molar-refractivity contribution in [2.45, 2.75) is 19.9 Å². The molecule has 0 spiro atoms. The molecule has 1 amide bonds. The van der Waals surface area contributed by atoms with Gasteiger partial charge in [-0.15, -0.1) is 11.3 Å². The van der Waals surface area contributed by atoms with Crippen LogP contribution in [0.2, 0.25) is 0 Å². The zero-order chi connectivity index (χ0) is 14.3. The van der Waals surface area contributed by atoms with Crippen LogP contribution in [0.1, 0.15) is 26.4 Å². The lowest BCUT2D eigenvalue weighted by molar-refractivity contribution is 0.0739. The first kappa shape index (κ1) is 13.6. The summed E-state index contributed by atoms with van der Waals surface area (Å²) in [7, 11) is 0. The third kappa shape index (κ3) is 2.36. The number of nitrogen functional groups attached to an aromatic ring is 1. The summed E-state index contributed by atoms with van der Waals surface area (Å²) < 4.78 is 1.03. The molecule has 2 aromatic rings. The normalized spacial score (nSPS) is 14.2. The fraction of sp³-hybridized carbons (Fsp3) is 0.267. The highest BCUT2D eigenvalue weighted by atomic mass is 79.9. The van der Waals surface area contributed by atoms with E-state index in [2.05, 4.69) is 22.0 Å². The van der Waals surface area contributed by atoms with Crippen LogP contribution in [0.4, 0.5) is 5.69 Å². The summed E-state index contributed by atoms with van der Waals surface area (Å²) >= 11 is 4.98. The molecule has 1 aromatic carbocycles.